The number of rotatable bonds is 4. The predicted octanol–water partition coefficient (Wildman–Crippen LogP) is 3.35. The zero-order valence-electron chi connectivity index (χ0n) is 14.1. The average molecular weight is 343 g/mol. The summed E-state index contributed by atoms with van der Waals surface area (Å²) in [6.07, 6.45) is 8.80. The third-order valence-electron chi connectivity index (χ3n) is 4.56. The van der Waals surface area contributed by atoms with E-state index in [2.05, 4.69) is 19.9 Å². The number of Topliss-reactive ketones (excluding diaryl/α,β-unsaturated/α-hetero) is 1. The third kappa shape index (κ3) is 2.95. The van der Waals surface area contributed by atoms with Crippen LogP contribution in [-0.2, 0) is 0 Å². The van der Waals surface area contributed by atoms with E-state index in [4.69, 9.17) is 0 Å². The minimum absolute atomic E-state index is 0.0623. The van der Waals surface area contributed by atoms with Crippen molar-refractivity contribution in [3.63, 3.8) is 0 Å². The molecule has 0 bridgehead atoms. The number of para-hydroxylation sites is 1. The number of H-pyrrole nitrogens is 1. The second-order valence-electron chi connectivity index (χ2n) is 6.26. The van der Waals surface area contributed by atoms with Crippen LogP contribution in [0.1, 0.15) is 28.8 Å². The van der Waals surface area contributed by atoms with Crippen LogP contribution in [0, 0.1) is 11.3 Å². The lowest BCUT2D eigenvalue weighted by molar-refractivity contribution is 0.104. The number of carbonyl (C=O) groups excluding carboxylic acids is 1. The number of benzene rings is 1. The van der Waals surface area contributed by atoms with Gasteiger partial charge >= 0.3 is 0 Å². The van der Waals surface area contributed by atoms with Crippen molar-refractivity contribution in [3.8, 4) is 6.07 Å². The topological polar surface area (TPSA) is 85.7 Å². The van der Waals surface area contributed by atoms with Crippen LogP contribution in [0.15, 0.2) is 48.4 Å². The monoisotopic (exact) mass is 343 g/mol. The van der Waals surface area contributed by atoms with Crippen LogP contribution < -0.4 is 4.90 Å². The van der Waals surface area contributed by atoms with Crippen molar-refractivity contribution >= 4 is 28.7 Å². The molecule has 0 saturated carbocycles. The SMILES string of the molecule is N#C/C(=C\c1cnc(N2CCCC2)nc1)C(=O)c1c[nH]c2ccccc12. The summed E-state index contributed by atoms with van der Waals surface area (Å²) in [5, 5.41) is 10.3. The van der Waals surface area contributed by atoms with Crippen molar-refractivity contribution in [3.05, 3.63) is 59.6 Å². The Morgan fingerprint density at radius 2 is 1.92 bits per heavy atom. The lowest BCUT2D eigenvalue weighted by atomic mass is 10.0. The zero-order valence-corrected chi connectivity index (χ0v) is 14.1. The van der Waals surface area contributed by atoms with E-state index in [-0.39, 0.29) is 11.4 Å². The summed E-state index contributed by atoms with van der Waals surface area (Å²) in [6.45, 7) is 1.94. The van der Waals surface area contributed by atoms with E-state index in [1.54, 1.807) is 18.6 Å². The molecule has 2 aromatic heterocycles. The van der Waals surface area contributed by atoms with E-state index >= 15 is 0 Å². The van der Waals surface area contributed by atoms with Crippen molar-refractivity contribution in [2.45, 2.75) is 12.8 Å². The summed E-state index contributed by atoms with van der Waals surface area (Å²) in [6, 6.07) is 9.53. The van der Waals surface area contributed by atoms with Crippen molar-refractivity contribution in [1.82, 2.24) is 15.0 Å². The molecule has 0 spiro atoms. The number of aromatic nitrogens is 3. The molecule has 1 aliphatic heterocycles. The van der Waals surface area contributed by atoms with Crippen molar-refractivity contribution in [1.29, 1.82) is 5.26 Å². The van der Waals surface area contributed by atoms with E-state index < -0.39 is 0 Å². The molecule has 3 aromatic rings. The standard InChI is InChI=1S/C20H17N5O/c21-10-15(19(26)17-13-22-18-6-2-1-5-16(17)18)9-14-11-23-20(24-12-14)25-7-3-4-8-25/h1-2,5-6,9,11-13,22H,3-4,7-8H2/b15-9+. The Hall–Kier alpha value is -3.46. The van der Waals surface area contributed by atoms with Gasteiger partial charge in [0, 0.05) is 53.7 Å². The summed E-state index contributed by atoms with van der Waals surface area (Å²) in [4.78, 5) is 26.7. The first-order chi connectivity index (χ1) is 12.8. The number of fused-ring (bicyclic) bond motifs is 1. The Labute approximate surface area is 150 Å². The number of aromatic amines is 1. The molecule has 0 radical (unpaired) electrons. The Morgan fingerprint density at radius 3 is 2.65 bits per heavy atom. The molecule has 1 aliphatic rings. The van der Waals surface area contributed by atoms with Gasteiger partial charge < -0.3 is 9.88 Å². The largest absolute Gasteiger partial charge is 0.360 e. The summed E-state index contributed by atoms with van der Waals surface area (Å²) < 4.78 is 0. The molecule has 1 aromatic carbocycles. The van der Waals surface area contributed by atoms with Crippen LogP contribution in [-0.4, -0.2) is 33.8 Å². The van der Waals surface area contributed by atoms with E-state index in [1.165, 1.54) is 6.08 Å². The van der Waals surface area contributed by atoms with Gasteiger partial charge in [-0.3, -0.25) is 4.79 Å². The Morgan fingerprint density at radius 1 is 1.19 bits per heavy atom. The first kappa shape index (κ1) is 16.0. The predicted molar refractivity (Wildman–Crippen MR) is 99.7 cm³/mol. The molecule has 3 heterocycles. The summed E-state index contributed by atoms with van der Waals surface area (Å²) in [5.74, 6) is 0.384. The molecule has 26 heavy (non-hydrogen) atoms. The minimum Gasteiger partial charge on any atom is -0.360 e. The van der Waals surface area contributed by atoms with Crippen molar-refractivity contribution < 1.29 is 4.79 Å². The number of ketones is 1. The van der Waals surface area contributed by atoms with Crippen LogP contribution in [0.25, 0.3) is 17.0 Å². The Balaban J connectivity index is 1.62. The van der Waals surface area contributed by atoms with Gasteiger partial charge in [0.1, 0.15) is 11.6 Å². The van der Waals surface area contributed by atoms with Gasteiger partial charge in [0.25, 0.3) is 0 Å². The number of nitriles is 1. The molecule has 4 rings (SSSR count). The number of nitrogens with zero attached hydrogens (tertiary/aromatic N) is 4. The number of hydrogen-bond acceptors (Lipinski definition) is 5. The molecule has 6 nitrogen and oxygen atoms in total. The average Bonchev–Trinajstić information content (AvgIpc) is 3.36. The van der Waals surface area contributed by atoms with E-state index in [9.17, 15) is 10.1 Å². The summed E-state index contributed by atoms with van der Waals surface area (Å²) in [7, 11) is 0. The molecule has 0 aliphatic carbocycles. The fourth-order valence-electron chi connectivity index (χ4n) is 3.21. The molecule has 128 valence electrons. The second-order valence-corrected chi connectivity index (χ2v) is 6.26. The highest BCUT2D eigenvalue weighted by atomic mass is 16.1. The van der Waals surface area contributed by atoms with Crippen molar-refractivity contribution in [2.24, 2.45) is 0 Å². The molecule has 1 N–H and O–H groups in total. The highest BCUT2D eigenvalue weighted by molar-refractivity contribution is 6.19. The molecule has 0 atom stereocenters. The molecular formula is C20H17N5O. The number of anilines is 1. The molecule has 1 fully saturated rings. The van der Waals surface area contributed by atoms with E-state index in [0.29, 0.717) is 17.1 Å². The van der Waals surface area contributed by atoms with Crippen LogP contribution in [0.3, 0.4) is 0 Å². The van der Waals surface area contributed by atoms with Crippen molar-refractivity contribution in [2.75, 3.05) is 18.0 Å². The number of hydrogen-bond donors (Lipinski definition) is 1. The van der Waals surface area contributed by atoms with Gasteiger partial charge in [-0.2, -0.15) is 5.26 Å². The third-order valence-corrected chi connectivity index (χ3v) is 4.56. The first-order valence-corrected chi connectivity index (χ1v) is 8.56. The lowest BCUT2D eigenvalue weighted by Crippen LogP contribution is -2.20. The number of nitrogens with one attached hydrogen (secondary N) is 1. The highest BCUT2D eigenvalue weighted by Gasteiger charge is 2.17. The van der Waals surface area contributed by atoms with Gasteiger partial charge in [-0.15, -0.1) is 0 Å². The quantitative estimate of drug-likeness (QED) is 0.446. The number of carbonyl (C=O) groups is 1. The van der Waals surface area contributed by atoms with Gasteiger partial charge in [0.05, 0.1) is 0 Å². The normalized spacial score (nSPS) is 14.6. The molecule has 6 heteroatoms. The Bertz CT molecular complexity index is 1020. The summed E-state index contributed by atoms with van der Waals surface area (Å²) in [5.41, 5.74) is 2.06. The molecule has 0 unspecified atom stereocenters. The molecule has 0 amide bonds. The number of allylic oxidation sites excluding steroid dienone is 1. The molecular weight excluding hydrogens is 326 g/mol. The van der Waals surface area contributed by atoms with Gasteiger partial charge in [-0.1, -0.05) is 18.2 Å². The minimum atomic E-state index is -0.312. The lowest BCUT2D eigenvalue weighted by Gasteiger charge is -2.14. The van der Waals surface area contributed by atoms with Crippen LogP contribution in [0.5, 0.6) is 0 Å². The summed E-state index contributed by atoms with van der Waals surface area (Å²) >= 11 is 0. The van der Waals surface area contributed by atoms with Gasteiger partial charge in [-0.25, -0.2) is 9.97 Å². The van der Waals surface area contributed by atoms with E-state index in [0.717, 1.165) is 36.8 Å². The maximum Gasteiger partial charge on any atom is 0.225 e. The van der Waals surface area contributed by atoms with Gasteiger partial charge in [-0.05, 0) is 25.0 Å². The molecule has 1 saturated heterocycles. The maximum absolute atomic E-state index is 12.8. The van der Waals surface area contributed by atoms with Gasteiger partial charge in [0.15, 0.2) is 0 Å². The Kier molecular flexibility index (Phi) is 4.20. The van der Waals surface area contributed by atoms with Crippen LogP contribution >= 0.6 is 0 Å². The maximum atomic E-state index is 12.8. The smallest absolute Gasteiger partial charge is 0.225 e. The van der Waals surface area contributed by atoms with Crippen LogP contribution in [0.2, 0.25) is 0 Å². The van der Waals surface area contributed by atoms with Gasteiger partial charge in [0.2, 0.25) is 11.7 Å². The van der Waals surface area contributed by atoms with E-state index in [1.807, 2.05) is 30.3 Å². The zero-order chi connectivity index (χ0) is 17.9. The second kappa shape index (κ2) is 6.81. The first-order valence-electron chi connectivity index (χ1n) is 8.56. The fourth-order valence-corrected chi connectivity index (χ4v) is 3.21. The van der Waals surface area contributed by atoms with Crippen LogP contribution in [0.4, 0.5) is 5.95 Å². The fraction of sp³-hybridized carbons (Fsp3) is 0.200. The highest BCUT2D eigenvalue weighted by Crippen LogP contribution is 2.22.